The molecule has 0 saturated carbocycles. The summed E-state index contributed by atoms with van der Waals surface area (Å²) in [5.74, 6) is 1.45. The van der Waals surface area contributed by atoms with Gasteiger partial charge < -0.3 is 14.8 Å². The molecule has 0 spiro atoms. The van der Waals surface area contributed by atoms with Crippen LogP contribution in [0.15, 0.2) is 48.7 Å². The minimum absolute atomic E-state index is 0.0216. The fourth-order valence-corrected chi connectivity index (χ4v) is 3.92. The maximum atomic E-state index is 12.2. The molecule has 1 heterocycles. The molecule has 28 heavy (non-hydrogen) atoms. The Labute approximate surface area is 169 Å². The number of nitrogens with one attached hydrogen (secondary N) is 1. The standard InChI is InChI=1S/C22H24N2O3S/c1-15-11-17(13-19(26-2)21(15)27-3)12-18-14-23-22(28-18)24-20(25)10-9-16-7-5-4-6-8-16/h4-8,11,13-14H,9-10,12H2,1-3H3,(H,23,24,25). The van der Waals surface area contributed by atoms with Crippen molar-refractivity contribution in [1.82, 2.24) is 4.98 Å². The number of thiazole rings is 1. The molecular formula is C22H24N2O3S. The van der Waals surface area contributed by atoms with Gasteiger partial charge in [0.2, 0.25) is 5.91 Å². The molecule has 0 atom stereocenters. The number of hydrogen-bond donors (Lipinski definition) is 1. The van der Waals surface area contributed by atoms with E-state index in [9.17, 15) is 4.79 Å². The van der Waals surface area contributed by atoms with Crippen LogP contribution in [0.2, 0.25) is 0 Å². The predicted octanol–water partition coefficient (Wildman–Crippen LogP) is 4.63. The van der Waals surface area contributed by atoms with E-state index in [1.165, 1.54) is 11.3 Å². The fraction of sp³-hybridized carbons (Fsp3) is 0.273. The molecule has 1 aromatic heterocycles. The number of anilines is 1. The summed E-state index contributed by atoms with van der Waals surface area (Å²) < 4.78 is 10.8. The zero-order valence-corrected chi connectivity index (χ0v) is 17.1. The van der Waals surface area contributed by atoms with Gasteiger partial charge in [-0.1, -0.05) is 36.4 Å². The van der Waals surface area contributed by atoms with Gasteiger partial charge in [0.15, 0.2) is 16.6 Å². The Morgan fingerprint density at radius 3 is 2.61 bits per heavy atom. The summed E-state index contributed by atoms with van der Waals surface area (Å²) >= 11 is 1.49. The molecule has 3 rings (SSSR count). The van der Waals surface area contributed by atoms with Crippen LogP contribution in [0.25, 0.3) is 0 Å². The second-order valence-electron chi connectivity index (χ2n) is 6.49. The smallest absolute Gasteiger partial charge is 0.226 e. The van der Waals surface area contributed by atoms with Gasteiger partial charge >= 0.3 is 0 Å². The van der Waals surface area contributed by atoms with Crippen LogP contribution in [0.3, 0.4) is 0 Å². The number of carbonyl (C=O) groups is 1. The molecule has 0 aliphatic heterocycles. The molecule has 0 bridgehead atoms. The lowest BCUT2D eigenvalue weighted by molar-refractivity contribution is -0.116. The highest BCUT2D eigenvalue weighted by atomic mass is 32.1. The lowest BCUT2D eigenvalue weighted by atomic mass is 10.1. The number of methoxy groups -OCH3 is 2. The zero-order chi connectivity index (χ0) is 19.9. The molecule has 6 heteroatoms. The first kappa shape index (κ1) is 19.9. The van der Waals surface area contributed by atoms with E-state index < -0.39 is 0 Å². The first-order chi connectivity index (χ1) is 13.6. The first-order valence-electron chi connectivity index (χ1n) is 9.09. The molecule has 2 aromatic carbocycles. The fourth-order valence-electron chi connectivity index (χ4n) is 3.06. The minimum Gasteiger partial charge on any atom is -0.493 e. The summed E-state index contributed by atoms with van der Waals surface area (Å²) in [6.45, 7) is 2.00. The number of aryl methyl sites for hydroxylation is 2. The third-order valence-corrected chi connectivity index (χ3v) is 5.30. The number of aromatic nitrogens is 1. The Kier molecular flexibility index (Phi) is 6.66. The van der Waals surface area contributed by atoms with Crippen LogP contribution in [0, 0.1) is 6.92 Å². The van der Waals surface area contributed by atoms with Crippen LogP contribution in [-0.4, -0.2) is 25.1 Å². The number of hydrogen-bond acceptors (Lipinski definition) is 5. The van der Waals surface area contributed by atoms with Crippen molar-refractivity contribution >= 4 is 22.4 Å². The number of nitrogens with zero attached hydrogens (tertiary/aromatic N) is 1. The molecule has 0 aliphatic rings. The highest BCUT2D eigenvalue weighted by Crippen LogP contribution is 2.33. The van der Waals surface area contributed by atoms with Gasteiger partial charge in [0, 0.05) is 23.9 Å². The SMILES string of the molecule is COc1cc(Cc2cnc(NC(=O)CCc3ccccc3)s2)cc(C)c1OC. The molecule has 0 aliphatic carbocycles. The van der Waals surface area contributed by atoms with E-state index in [4.69, 9.17) is 9.47 Å². The molecule has 0 radical (unpaired) electrons. The second-order valence-corrected chi connectivity index (χ2v) is 7.61. The van der Waals surface area contributed by atoms with E-state index >= 15 is 0 Å². The van der Waals surface area contributed by atoms with Crippen molar-refractivity contribution < 1.29 is 14.3 Å². The van der Waals surface area contributed by atoms with Crippen LogP contribution in [0.5, 0.6) is 11.5 Å². The van der Waals surface area contributed by atoms with Crippen LogP contribution in [-0.2, 0) is 17.6 Å². The van der Waals surface area contributed by atoms with E-state index in [0.717, 1.165) is 45.9 Å². The number of benzene rings is 2. The molecule has 5 nitrogen and oxygen atoms in total. The molecule has 1 amide bonds. The van der Waals surface area contributed by atoms with E-state index in [0.29, 0.717) is 11.6 Å². The molecule has 3 aromatic rings. The van der Waals surface area contributed by atoms with Gasteiger partial charge in [-0.3, -0.25) is 4.79 Å². The van der Waals surface area contributed by atoms with Gasteiger partial charge in [0.1, 0.15) is 0 Å². The Morgan fingerprint density at radius 1 is 1.11 bits per heavy atom. The average Bonchev–Trinajstić information content (AvgIpc) is 3.13. The van der Waals surface area contributed by atoms with Crippen LogP contribution < -0.4 is 14.8 Å². The number of amides is 1. The average molecular weight is 397 g/mol. The molecule has 0 unspecified atom stereocenters. The predicted molar refractivity (Wildman–Crippen MR) is 113 cm³/mol. The van der Waals surface area contributed by atoms with Gasteiger partial charge in [-0.05, 0) is 36.1 Å². The Morgan fingerprint density at radius 2 is 1.89 bits per heavy atom. The van der Waals surface area contributed by atoms with Gasteiger partial charge in [-0.2, -0.15) is 0 Å². The first-order valence-corrected chi connectivity index (χ1v) is 9.90. The maximum absolute atomic E-state index is 12.2. The van der Waals surface area contributed by atoms with E-state index in [2.05, 4.69) is 16.4 Å². The number of rotatable bonds is 8. The second kappa shape index (κ2) is 9.37. The monoisotopic (exact) mass is 396 g/mol. The van der Waals surface area contributed by atoms with Crippen LogP contribution in [0.4, 0.5) is 5.13 Å². The summed E-state index contributed by atoms with van der Waals surface area (Å²) in [6, 6.07) is 14.1. The van der Waals surface area contributed by atoms with Crippen molar-refractivity contribution in [3.8, 4) is 11.5 Å². The summed E-state index contributed by atoms with van der Waals surface area (Å²) in [5.41, 5.74) is 3.29. The summed E-state index contributed by atoms with van der Waals surface area (Å²) in [7, 11) is 3.28. The van der Waals surface area contributed by atoms with Crippen molar-refractivity contribution in [2.24, 2.45) is 0 Å². The summed E-state index contributed by atoms with van der Waals surface area (Å²) in [4.78, 5) is 17.6. The molecule has 146 valence electrons. The molecular weight excluding hydrogens is 372 g/mol. The van der Waals surface area contributed by atoms with Gasteiger partial charge in [0.05, 0.1) is 14.2 Å². The van der Waals surface area contributed by atoms with Gasteiger partial charge in [0.25, 0.3) is 0 Å². The maximum Gasteiger partial charge on any atom is 0.226 e. The lowest BCUT2D eigenvalue weighted by Crippen LogP contribution is -2.11. The molecule has 0 saturated heterocycles. The van der Waals surface area contributed by atoms with Crippen LogP contribution >= 0.6 is 11.3 Å². The third kappa shape index (κ3) is 5.10. The Bertz CT molecular complexity index is 938. The van der Waals surface area contributed by atoms with Crippen molar-refractivity contribution in [3.05, 3.63) is 70.2 Å². The van der Waals surface area contributed by atoms with Crippen LogP contribution in [0.1, 0.15) is 28.0 Å². The summed E-state index contributed by atoms with van der Waals surface area (Å²) in [6.07, 6.45) is 3.69. The number of carbonyl (C=O) groups excluding carboxylic acids is 1. The van der Waals surface area contributed by atoms with Crippen molar-refractivity contribution in [2.75, 3.05) is 19.5 Å². The highest BCUT2D eigenvalue weighted by Gasteiger charge is 2.12. The highest BCUT2D eigenvalue weighted by molar-refractivity contribution is 7.15. The quantitative estimate of drug-likeness (QED) is 0.603. The van der Waals surface area contributed by atoms with E-state index in [1.807, 2.05) is 49.5 Å². The molecule has 0 fully saturated rings. The third-order valence-electron chi connectivity index (χ3n) is 4.39. The van der Waals surface area contributed by atoms with Gasteiger partial charge in [-0.25, -0.2) is 4.98 Å². The lowest BCUT2D eigenvalue weighted by Gasteiger charge is -2.12. The number of ether oxygens (including phenoxy) is 2. The normalized spacial score (nSPS) is 10.5. The Balaban J connectivity index is 1.59. The minimum atomic E-state index is -0.0216. The largest absolute Gasteiger partial charge is 0.493 e. The van der Waals surface area contributed by atoms with E-state index in [1.54, 1.807) is 14.2 Å². The van der Waals surface area contributed by atoms with Crippen molar-refractivity contribution in [1.29, 1.82) is 0 Å². The van der Waals surface area contributed by atoms with Crippen molar-refractivity contribution in [2.45, 2.75) is 26.2 Å². The van der Waals surface area contributed by atoms with Gasteiger partial charge in [-0.15, -0.1) is 11.3 Å². The topological polar surface area (TPSA) is 60.5 Å². The zero-order valence-electron chi connectivity index (χ0n) is 16.3. The molecule has 1 N–H and O–H groups in total. The van der Waals surface area contributed by atoms with Crippen molar-refractivity contribution in [3.63, 3.8) is 0 Å². The summed E-state index contributed by atoms with van der Waals surface area (Å²) in [5, 5.41) is 3.52. The van der Waals surface area contributed by atoms with E-state index in [-0.39, 0.29) is 5.91 Å². The Hall–Kier alpha value is -2.86.